The molecule has 0 unspecified atom stereocenters. The minimum Gasteiger partial charge on any atom is -0.493 e. The number of ether oxygens (including phenoxy) is 2. The molecular formula is C18H24BrNO4. The van der Waals surface area contributed by atoms with Gasteiger partial charge in [-0.3, -0.25) is 9.59 Å². The summed E-state index contributed by atoms with van der Waals surface area (Å²) in [6.45, 7) is 2.14. The zero-order valence-corrected chi connectivity index (χ0v) is 15.5. The molecule has 0 radical (unpaired) electrons. The molecule has 132 valence electrons. The van der Waals surface area contributed by atoms with Gasteiger partial charge in [-0.2, -0.15) is 0 Å². The quantitative estimate of drug-likeness (QED) is 0.715. The Balaban J connectivity index is 1.61. The van der Waals surface area contributed by atoms with Crippen LogP contribution in [-0.4, -0.2) is 31.1 Å². The van der Waals surface area contributed by atoms with Crippen LogP contribution in [-0.2, 0) is 14.3 Å². The van der Waals surface area contributed by atoms with Crippen LogP contribution in [0.5, 0.6) is 5.75 Å². The van der Waals surface area contributed by atoms with E-state index in [1.807, 2.05) is 24.3 Å². The number of carbonyl (C=O) groups excluding carboxylic acids is 2. The monoisotopic (exact) mass is 397 g/mol. The van der Waals surface area contributed by atoms with Crippen molar-refractivity contribution >= 4 is 27.8 Å². The largest absolute Gasteiger partial charge is 0.493 e. The predicted molar refractivity (Wildman–Crippen MR) is 94.8 cm³/mol. The highest BCUT2D eigenvalue weighted by atomic mass is 79.9. The van der Waals surface area contributed by atoms with Crippen LogP contribution in [0, 0.1) is 5.92 Å². The van der Waals surface area contributed by atoms with Gasteiger partial charge in [-0.1, -0.05) is 41.8 Å². The van der Waals surface area contributed by atoms with Gasteiger partial charge in [0.25, 0.3) is 5.91 Å². The number of carbonyl (C=O) groups is 2. The summed E-state index contributed by atoms with van der Waals surface area (Å²) >= 11 is 3.35. The second-order valence-corrected chi connectivity index (χ2v) is 7.07. The van der Waals surface area contributed by atoms with E-state index in [-0.39, 0.29) is 31.6 Å². The van der Waals surface area contributed by atoms with Crippen LogP contribution in [0.1, 0.15) is 39.0 Å². The molecule has 1 saturated carbocycles. The van der Waals surface area contributed by atoms with Gasteiger partial charge in [0, 0.05) is 10.5 Å². The molecule has 1 aromatic carbocycles. The molecule has 0 spiro atoms. The van der Waals surface area contributed by atoms with Crippen molar-refractivity contribution in [3.63, 3.8) is 0 Å². The number of nitrogens with one attached hydrogen (secondary N) is 1. The number of hydrogen-bond acceptors (Lipinski definition) is 4. The van der Waals surface area contributed by atoms with E-state index in [2.05, 4.69) is 28.2 Å². The molecule has 24 heavy (non-hydrogen) atoms. The van der Waals surface area contributed by atoms with Gasteiger partial charge >= 0.3 is 5.97 Å². The minimum absolute atomic E-state index is 0.111. The summed E-state index contributed by atoms with van der Waals surface area (Å²) in [7, 11) is 0. The Morgan fingerprint density at radius 3 is 2.83 bits per heavy atom. The second kappa shape index (κ2) is 9.67. The third-order valence-electron chi connectivity index (χ3n) is 4.19. The predicted octanol–water partition coefficient (Wildman–Crippen LogP) is 3.46. The van der Waals surface area contributed by atoms with Crippen LogP contribution in [0.3, 0.4) is 0 Å². The van der Waals surface area contributed by atoms with E-state index in [1.165, 1.54) is 6.42 Å². The van der Waals surface area contributed by atoms with Gasteiger partial charge in [0.15, 0.2) is 6.61 Å². The summed E-state index contributed by atoms with van der Waals surface area (Å²) in [6, 6.07) is 7.59. The Morgan fingerprint density at radius 1 is 1.29 bits per heavy atom. The van der Waals surface area contributed by atoms with Crippen LogP contribution in [0.15, 0.2) is 28.7 Å². The van der Waals surface area contributed by atoms with Gasteiger partial charge in [-0.25, -0.2) is 0 Å². The highest BCUT2D eigenvalue weighted by molar-refractivity contribution is 9.10. The van der Waals surface area contributed by atoms with Crippen molar-refractivity contribution in [3.05, 3.63) is 28.7 Å². The maximum Gasteiger partial charge on any atom is 0.309 e. The molecule has 1 aliphatic carbocycles. The van der Waals surface area contributed by atoms with E-state index in [0.717, 1.165) is 23.7 Å². The molecule has 0 aliphatic heterocycles. The lowest BCUT2D eigenvalue weighted by Gasteiger charge is -2.29. The molecule has 0 saturated heterocycles. The van der Waals surface area contributed by atoms with Crippen molar-refractivity contribution < 1.29 is 19.1 Å². The smallest absolute Gasteiger partial charge is 0.309 e. The van der Waals surface area contributed by atoms with Crippen molar-refractivity contribution in [2.24, 2.45) is 5.92 Å². The first-order valence-electron chi connectivity index (χ1n) is 8.38. The molecule has 1 amide bonds. The molecule has 1 fully saturated rings. The molecule has 0 heterocycles. The van der Waals surface area contributed by atoms with Gasteiger partial charge in [0.1, 0.15) is 5.75 Å². The molecule has 0 bridgehead atoms. The van der Waals surface area contributed by atoms with E-state index in [9.17, 15) is 9.59 Å². The number of hydrogen-bond donors (Lipinski definition) is 1. The lowest BCUT2D eigenvalue weighted by molar-refractivity contribution is -0.149. The summed E-state index contributed by atoms with van der Waals surface area (Å²) in [4.78, 5) is 23.5. The molecule has 2 atom stereocenters. The van der Waals surface area contributed by atoms with Crippen LogP contribution >= 0.6 is 15.9 Å². The lowest BCUT2D eigenvalue weighted by atomic mass is 9.86. The fourth-order valence-corrected chi connectivity index (χ4v) is 3.18. The number of amides is 1. The summed E-state index contributed by atoms with van der Waals surface area (Å²) in [6.07, 6.45) is 4.61. The molecular weight excluding hydrogens is 374 g/mol. The molecule has 1 aliphatic rings. The standard InChI is InChI=1S/C18H24BrNO4/c1-13-5-2-3-8-16(13)20-17(21)12-24-18(22)9-10-23-15-7-4-6-14(19)11-15/h4,6-7,11,13,16H,2-3,5,8-10,12H2,1H3,(H,20,21)/t13-,16-/m0/s1. The van der Waals surface area contributed by atoms with Crippen molar-refractivity contribution in [3.8, 4) is 5.75 Å². The van der Waals surface area contributed by atoms with E-state index in [0.29, 0.717) is 11.7 Å². The van der Waals surface area contributed by atoms with E-state index < -0.39 is 5.97 Å². The SMILES string of the molecule is C[C@H]1CCCC[C@@H]1NC(=O)COC(=O)CCOc1cccc(Br)c1. The number of benzene rings is 1. The van der Waals surface area contributed by atoms with Crippen molar-refractivity contribution in [1.82, 2.24) is 5.32 Å². The van der Waals surface area contributed by atoms with Gasteiger partial charge in [0.05, 0.1) is 13.0 Å². The van der Waals surface area contributed by atoms with Crippen LogP contribution < -0.4 is 10.1 Å². The first-order chi connectivity index (χ1) is 11.5. The Labute approximate surface area is 151 Å². The average molecular weight is 398 g/mol. The maximum atomic E-state index is 11.9. The molecule has 5 nitrogen and oxygen atoms in total. The first kappa shape index (κ1) is 18.8. The average Bonchev–Trinajstić information content (AvgIpc) is 2.55. The Bertz CT molecular complexity index is 564. The molecule has 0 aromatic heterocycles. The summed E-state index contributed by atoms with van der Waals surface area (Å²) in [5.41, 5.74) is 0. The number of rotatable bonds is 7. The van der Waals surface area contributed by atoms with Crippen LogP contribution in [0.25, 0.3) is 0 Å². The van der Waals surface area contributed by atoms with Gasteiger partial charge in [0.2, 0.25) is 0 Å². The third-order valence-corrected chi connectivity index (χ3v) is 4.69. The van der Waals surface area contributed by atoms with E-state index in [1.54, 1.807) is 0 Å². The first-order valence-corrected chi connectivity index (χ1v) is 9.17. The maximum absolute atomic E-state index is 11.9. The summed E-state index contributed by atoms with van der Waals surface area (Å²) in [5, 5.41) is 2.96. The normalized spacial score (nSPS) is 20.2. The topological polar surface area (TPSA) is 64.6 Å². The number of halogens is 1. The fourth-order valence-electron chi connectivity index (χ4n) is 2.81. The van der Waals surface area contributed by atoms with Gasteiger partial charge in [-0.15, -0.1) is 0 Å². The summed E-state index contributed by atoms with van der Waals surface area (Å²) < 4.78 is 11.4. The highest BCUT2D eigenvalue weighted by Gasteiger charge is 2.23. The van der Waals surface area contributed by atoms with E-state index >= 15 is 0 Å². The second-order valence-electron chi connectivity index (χ2n) is 6.15. The van der Waals surface area contributed by atoms with Gasteiger partial charge < -0.3 is 14.8 Å². The van der Waals surface area contributed by atoms with Crippen molar-refractivity contribution in [1.29, 1.82) is 0 Å². The van der Waals surface area contributed by atoms with Crippen LogP contribution in [0.4, 0.5) is 0 Å². The Hall–Kier alpha value is -1.56. The molecule has 1 aromatic rings. The van der Waals surface area contributed by atoms with Crippen molar-refractivity contribution in [2.45, 2.75) is 45.1 Å². The Kier molecular flexibility index (Phi) is 7.56. The van der Waals surface area contributed by atoms with Gasteiger partial charge in [-0.05, 0) is 37.0 Å². The zero-order chi connectivity index (χ0) is 17.4. The van der Waals surface area contributed by atoms with Crippen molar-refractivity contribution in [2.75, 3.05) is 13.2 Å². The molecule has 2 rings (SSSR count). The molecule has 1 N–H and O–H groups in total. The highest BCUT2D eigenvalue weighted by Crippen LogP contribution is 2.23. The number of esters is 1. The summed E-state index contributed by atoms with van der Waals surface area (Å²) in [5.74, 6) is 0.505. The fraction of sp³-hybridized carbons (Fsp3) is 0.556. The molecule has 6 heteroatoms. The zero-order valence-electron chi connectivity index (χ0n) is 13.9. The lowest BCUT2D eigenvalue weighted by Crippen LogP contribution is -2.42. The van der Waals surface area contributed by atoms with Crippen LogP contribution in [0.2, 0.25) is 0 Å². The third kappa shape index (κ3) is 6.51. The van der Waals surface area contributed by atoms with E-state index in [4.69, 9.17) is 9.47 Å². The Morgan fingerprint density at radius 2 is 2.08 bits per heavy atom. The minimum atomic E-state index is -0.433.